The van der Waals surface area contributed by atoms with E-state index in [0.717, 1.165) is 25.1 Å². The summed E-state index contributed by atoms with van der Waals surface area (Å²) in [6, 6.07) is 18.1. The predicted octanol–water partition coefficient (Wildman–Crippen LogP) is 0.844. The highest BCUT2D eigenvalue weighted by atomic mass is 32.2. The summed E-state index contributed by atoms with van der Waals surface area (Å²) in [7, 11) is -3.04. The molecule has 1 unspecified atom stereocenters. The molecule has 2 atom stereocenters. The lowest BCUT2D eigenvalue weighted by Crippen LogP contribution is -3.12. The van der Waals surface area contributed by atoms with Gasteiger partial charge in [0.25, 0.3) is 5.91 Å². The number of fused-ring (bicyclic) bond motifs is 1. The molecule has 1 amide bonds. The molecule has 0 spiro atoms. The molecule has 0 aliphatic carbocycles. The zero-order valence-corrected chi connectivity index (χ0v) is 16.8. The molecule has 0 aromatic heterocycles. The molecule has 2 heterocycles. The average Bonchev–Trinajstić information content (AvgIpc) is 3.06. The zero-order chi connectivity index (χ0) is 19.6. The highest BCUT2D eigenvalue weighted by Gasteiger charge is 2.36. The van der Waals surface area contributed by atoms with E-state index >= 15 is 0 Å². The van der Waals surface area contributed by atoms with Gasteiger partial charge in [0.05, 0.1) is 18.1 Å². The predicted molar refractivity (Wildman–Crippen MR) is 109 cm³/mol. The molecule has 4 rings (SSSR count). The Morgan fingerprint density at radius 3 is 2.46 bits per heavy atom. The molecule has 2 aliphatic rings. The number of sulfone groups is 1. The number of benzene rings is 2. The zero-order valence-electron chi connectivity index (χ0n) is 16.0. The van der Waals surface area contributed by atoms with Gasteiger partial charge in [0.1, 0.15) is 6.54 Å². The number of hydrogen-bond acceptors (Lipinski definition) is 3. The van der Waals surface area contributed by atoms with Crippen LogP contribution in [0, 0.1) is 0 Å². The van der Waals surface area contributed by atoms with Crippen molar-refractivity contribution in [2.45, 2.75) is 32.0 Å². The van der Waals surface area contributed by atoms with Crippen LogP contribution < -0.4 is 4.90 Å². The van der Waals surface area contributed by atoms with Crippen molar-refractivity contribution in [2.75, 3.05) is 24.6 Å². The van der Waals surface area contributed by atoms with Gasteiger partial charge in [-0.25, -0.2) is 8.42 Å². The quantitative estimate of drug-likeness (QED) is 0.811. The van der Waals surface area contributed by atoms with E-state index in [2.05, 4.69) is 24.3 Å². The van der Waals surface area contributed by atoms with Gasteiger partial charge in [0, 0.05) is 24.6 Å². The van der Waals surface area contributed by atoms with Gasteiger partial charge in [-0.15, -0.1) is 0 Å². The second kappa shape index (κ2) is 8.05. The van der Waals surface area contributed by atoms with Crippen molar-refractivity contribution in [1.82, 2.24) is 4.90 Å². The summed E-state index contributed by atoms with van der Waals surface area (Å²) < 4.78 is 24.0. The number of rotatable bonds is 5. The van der Waals surface area contributed by atoms with Crippen LogP contribution in [0.3, 0.4) is 0 Å². The minimum Gasteiger partial charge on any atom is -0.329 e. The molecule has 28 heavy (non-hydrogen) atoms. The minimum absolute atomic E-state index is 0.0559. The number of carbonyl (C=O) groups is 1. The molecular weight excluding hydrogens is 372 g/mol. The standard InChI is InChI=1S/C22H26N2O3S/c25-22(16-23-12-10-19-8-4-5-9-20(19)15-23)24(14-18-6-2-1-3-7-18)21-11-13-28(26,27)17-21/h1-9,21H,10-17H2/p+1/t21-/m0/s1. The van der Waals surface area contributed by atoms with Crippen LogP contribution in [0.2, 0.25) is 0 Å². The topological polar surface area (TPSA) is 58.9 Å². The fraction of sp³-hybridized carbons (Fsp3) is 0.409. The van der Waals surface area contributed by atoms with Crippen molar-refractivity contribution >= 4 is 15.7 Å². The summed E-state index contributed by atoms with van der Waals surface area (Å²) in [6.45, 7) is 2.68. The molecule has 148 valence electrons. The molecule has 6 heteroatoms. The van der Waals surface area contributed by atoms with E-state index in [4.69, 9.17) is 0 Å². The van der Waals surface area contributed by atoms with Crippen LogP contribution in [-0.4, -0.2) is 49.9 Å². The molecule has 0 radical (unpaired) electrons. The van der Waals surface area contributed by atoms with Crippen LogP contribution in [0.15, 0.2) is 54.6 Å². The van der Waals surface area contributed by atoms with Crippen LogP contribution in [0.4, 0.5) is 0 Å². The van der Waals surface area contributed by atoms with E-state index in [0.29, 0.717) is 19.5 Å². The summed E-state index contributed by atoms with van der Waals surface area (Å²) in [5.41, 5.74) is 3.73. The maximum Gasteiger partial charge on any atom is 0.278 e. The molecule has 2 aromatic carbocycles. The first kappa shape index (κ1) is 19.2. The Morgan fingerprint density at radius 1 is 1.04 bits per heavy atom. The van der Waals surface area contributed by atoms with Gasteiger partial charge in [-0.1, -0.05) is 54.6 Å². The molecular formula is C22H27N2O3S+. The van der Waals surface area contributed by atoms with Crippen molar-refractivity contribution in [3.63, 3.8) is 0 Å². The number of carbonyl (C=O) groups excluding carboxylic acids is 1. The summed E-state index contributed by atoms with van der Waals surface area (Å²) >= 11 is 0. The first-order valence-corrected chi connectivity index (χ1v) is 11.8. The molecule has 2 aromatic rings. The Bertz CT molecular complexity index is 943. The van der Waals surface area contributed by atoms with E-state index < -0.39 is 9.84 Å². The Hall–Kier alpha value is -2.18. The highest BCUT2D eigenvalue weighted by molar-refractivity contribution is 7.91. The van der Waals surface area contributed by atoms with Gasteiger partial charge in [0.15, 0.2) is 16.4 Å². The number of hydrogen-bond donors (Lipinski definition) is 1. The van der Waals surface area contributed by atoms with Crippen molar-refractivity contribution < 1.29 is 18.1 Å². The fourth-order valence-electron chi connectivity index (χ4n) is 4.33. The molecule has 2 aliphatic heterocycles. The summed E-state index contributed by atoms with van der Waals surface area (Å²) in [6.07, 6.45) is 1.52. The summed E-state index contributed by atoms with van der Waals surface area (Å²) in [4.78, 5) is 16.3. The third kappa shape index (κ3) is 4.45. The third-order valence-corrected chi connectivity index (χ3v) is 7.62. The largest absolute Gasteiger partial charge is 0.329 e. The number of nitrogens with zero attached hydrogens (tertiary/aromatic N) is 1. The highest BCUT2D eigenvalue weighted by Crippen LogP contribution is 2.20. The van der Waals surface area contributed by atoms with E-state index in [1.807, 2.05) is 35.2 Å². The Kier molecular flexibility index (Phi) is 5.51. The summed E-state index contributed by atoms with van der Waals surface area (Å²) in [5, 5.41) is 0. The molecule has 5 nitrogen and oxygen atoms in total. The number of nitrogens with one attached hydrogen (secondary N) is 1. The Labute approximate surface area is 166 Å². The molecule has 1 saturated heterocycles. The first-order valence-electron chi connectivity index (χ1n) is 9.94. The molecule has 0 saturated carbocycles. The number of quaternary nitrogens is 1. The van der Waals surface area contributed by atoms with Gasteiger partial charge in [-0.2, -0.15) is 0 Å². The van der Waals surface area contributed by atoms with Gasteiger partial charge in [-0.3, -0.25) is 4.79 Å². The van der Waals surface area contributed by atoms with Crippen LogP contribution in [0.1, 0.15) is 23.1 Å². The SMILES string of the molecule is O=C(C[NH+]1CCc2ccccc2C1)N(Cc1ccccc1)[C@H]1CCS(=O)(=O)C1. The van der Waals surface area contributed by atoms with E-state index in [-0.39, 0.29) is 23.5 Å². The lowest BCUT2D eigenvalue weighted by molar-refractivity contribution is -0.908. The van der Waals surface area contributed by atoms with Crippen molar-refractivity contribution in [2.24, 2.45) is 0 Å². The Balaban J connectivity index is 1.48. The van der Waals surface area contributed by atoms with Gasteiger partial charge < -0.3 is 9.80 Å². The van der Waals surface area contributed by atoms with Crippen LogP contribution in [-0.2, 0) is 34.1 Å². The van der Waals surface area contributed by atoms with Crippen molar-refractivity contribution in [3.05, 3.63) is 71.3 Å². The monoisotopic (exact) mass is 399 g/mol. The van der Waals surface area contributed by atoms with Crippen molar-refractivity contribution in [1.29, 1.82) is 0 Å². The lowest BCUT2D eigenvalue weighted by Gasteiger charge is -2.31. The van der Waals surface area contributed by atoms with E-state index in [1.165, 1.54) is 16.0 Å². The molecule has 1 N–H and O–H groups in total. The third-order valence-electron chi connectivity index (χ3n) is 5.87. The fourth-order valence-corrected chi connectivity index (χ4v) is 6.06. The number of amides is 1. The summed E-state index contributed by atoms with van der Waals surface area (Å²) in [5.74, 6) is 0.324. The van der Waals surface area contributed by atoms with Crippen LogP contribution in [0.5, 0.6) is 0 Å². The average molecular weight is 400 g/mol. The van der Waals surface area contributed by atoms with Gasteiger partial charge in [-0.05, 0) is 17.5 Å². The van der Waals surface area contributed by atoms with Gasteiger partial charge >= 0.3 is 0 Å². The van der Waals surface area contributed by atoms with Crippen molar-refractivity contribution in [3.8, 4) is 0 Å². The van der Waals surface area contributed by atoms with Crippen LogP contribution in [0.25, 0.3) is 0 Å². The second-order valence-corrected chi connectivity index (χ2v) is 10.2. The van der Waals surface area contributed by atoms with Gasteiger partial charge in [0.2, 0.25) is 0 Å². The minimum atomic E-state index is -3.04. The molecule has 0 bridgehead atoms. The maximum absolute atomic E-state index is 13.2. The molecule has 1 fully saturated rings. The Morgan fingerprint density at radius 2 is 1.75 bits per heavy atom. The normalized spacial score (nSPS) is 23.1. The van der Waals surface area contributed by atoms with E-state index in [1.54, 1.807) is 0 Å². The first-order chi connectivity index (χ1) is 13.5. The van der Waals surface area contributed by atoms with Crippen LogP contribution >= 0.6 is 0 Å². The maximum atomic E-state index is 13.2. The lowest BCUT2D eigenvalue weighted by atomic mass is 10.00. The van der Waals surface area contributed by atoms with E-state index in [9.17, 15) is 13.2 Å². The second-order valence-electron chi connectivity index (χ2n) is 7.94. The smallest absolute Gasteiger partial charge is 0.278 e.